The maximum Gasteiger partial charge on any atom is 0.416 e. The van der Waals surface area contributed by atoms with Crippen LogP contribution in [0.3, 0.4) is 0 Å². The fourth-order valence-electron chi connectivity index (χ4n) is 2.13. The maximum absolute atomic E-state index is 12.8. The topological polar surface area (TPSA) is 46.2 Å². The van der Waals surface area contributed by atoms with E-state index in [-0.39, 0.29) is 4.47 Å². The molecule has 0 aliphatic heterocycles. The molecule has 0 saturated heterocycles. The van der Waals surface area contributed by atoms with Gasteiger partial charge in [0.2, 0.25) is 0 Å². The maximum atomic E-state index is 12.8. The van der Waals surface area contributed by atoms with Crippen molar-refractivity contribution in [2.24, 2.45) is 0 Å². The Balaban J connectivity index is 2.45. The Morgan fingerprint density at radius 2 is 1.52 bits per heavy atom. The summed E-state index contributed by atoms with van der Waals surface area (Å²) in [4.78, 5) is -0.460. The molecule has 2 aromatic rings. The molecular formula is C15H13BrF3NO2S. The Morgan fingerprint density at radius 3 is 2.04 bits per heavy atom. The largest absolute Gasteiger partial charge is 0.416 e. The number of alkyl halides is 3. The Hall–Kier alpha value is -1.54. The Bertz CT molecular complexity index is 828. The lowest BCUT2D eigenvalue weighted by atomic mass is 10.1. The van der Waals surface area contributed by atoms with E-state index in [0.717, 1.165) is 23.3 Å². The van der Waals surface area contributed by atoms with Crippen LogP contribution in [0.15, 0.2) is 45.8 Å². The predicted octanol–water partition coefficient (Wildman–Crippen LogP) is 4.89. The summed E-state index contributed by atoms with van der Waals surface area (Å²) < 4.78 is 65.6. The molecule has 124 valence electrons. The first-order valence-corrected chi connectivity index (χ1v) is 8.74. The Kier molecular flexibility index (Phi) is 4.77. The molecule has 0 aromatic heterocycles. The van der Waals surface area contributed by atoms with Gasteiger partial charge in [-0.3, -0.25) is 4.72 Å². The standard InChI is InChI=1S/C15H13BrF3NO2S/c1-9-3-10(2)5-13(4-9)20-23(21,22)14-7-11(15(17,18)19)6-12(16)8-14/h3-8,20H,1-2H3. The van der Waals surface area contributed by atoms with Gasteiger partial charge in [0, 0.05) is 10.2 Å². The van der Waals surface area contributed by atoms with Crippen molar-refractivity contribution in [1.29, 1.82) is 0 Å². The van der Waals surface area contributed by atoms with E-state index < -0.39 is 26.7 Å². The van der Waals surface area contributed by atoms with E-state index in [1.165, 1.54) is 0 Å². The first kappa shape index (κ1) is 17.8. The number of rotatable bonds is 3. The number of hydrogen-bond donors (Lipinski definition) is 1. The van der Waals surface area contributed by atoms with Crippen molar-refractivity contribution in [3.63, 3.8) is 0 Å². The van der Waals surface area contributed by atoms with Gasteiger partial charge >= 0.3 is 6.18 Å². The van der Waals surface area contributed by atoms with Crippen LogP contribution < -0.4 is 4.72 Å². The number of hydrogen-bond acceptors (Lipinski definition) is 2. The minimum Gasteiger partial charge on any atom is -0.280 e. The van der Waals surface area contributed by atoms with E-state index in [0.29, 0.717) is 11.8 Å². The summed E-state index contributed by atoms with van der Waals surface area (Å²) in [5, 5.41) is 0. The average Bonchev–Trinajstić information content (AvgIpc) is 2.34. The highest BCUT2D eigenvalue weighted by Gasteiger charge is 2.32. The highest BCUT2D eigenvalue weighted by atomic mass is 79.9. The lowest BCUT2D eigenvalue weighted by Gasteiger charge is -2.13. The van der Waals surface area contributed by atoms with Crippen LogP contribution in [-0.2, 0) is 16.2 Å². The van der Waals surface area contributed by atoms with Crippen LogP contribution in [-0.4, -0.2) is 8.42 Å². The fourth-order valence-corrected chi connectivity index (χ4v) is 3.88. The molecule has 2 rings (SSSR count). The summed E-state index contributed by atoms with van der Waals surface area (Å²) in [6.45, 7) is 3.59. The van der Waals surface area contributed by atoms with Gasteiger partial charge in [0.25, 0.3) is 10.0 Å². The second kappa shape index (κ2) is 6.16. The lowest BCUT2D eigenvalue weighted by molar-refractivity contribution is -0.137. The molecule has 0 aliphatic rings. The van der Waals surface area contributed by atoms with Gasteiger partial charge in [-0.15, -0.1) is 0 Å². The summed E-state index contributed by atoms with van der Waals surface area (Å²) in [7, 11) is -4.13. The van der Waals surface area contributed by atoms with Gasteiger partial charge in [0.05, 0.1) is 10.5 Å². The molecule has 0 saturated carbocycles. The summed E-state index contributed by atoms with van der Waals surface area (Å²) in [6.07, 6.45) is -4.63. The molecule has 0 unspecified atom stereocenters. The molecule has 1 N–H and O–H groups in total. The minimum atomic E-state index is -4.63. The quantitative estimate of drug-likeness (QED) is 0.787. The number of nitrogens with one attached hydrogen (secondary N) is 1. The normalized spacial score (nSPS) is 12.3. The van der Waals surface area contributed by atoms with E-state index in [1.807, 2.05) is 6.07 Å². The van der Waals surface area contributed by atoms with Gasteiger partial charge in [-0.2, -0.15) is 13.2 Å². The van der Waals surface area contributed by atoms with E-state index in [9.17, 15) is 21.6 Å². The van der Waals surface area contributed by atoms with Gasteiger partial charge in [-0.1, -0.05) is 22.0 Å². The molecule has 3 nitrogen and oxygen atoms in total. The molecule has 0 spiro atoms. The SMILES string of the molecule is Cc1cc(C)cc(NS(=O)(=O)c2cc(Br)cc(C(F)(F)F)c2)c1. The number of anilines is 1. The molecule has 2 aromatic carbocycles. The molecule has 0 heterocycles. The molecule has 0 radical (unpaired) electrons. The van der Waals surface area contributed by atoms with Crippen molar-refractivity contribution in [3.8, 4) is 0 Å². The van der Waals surface area contributed by atoms with Gasteiger partial charge in [-0.05, 0) is 55.3 Å². The average molecular weight is 408 g/mol. The smallest absolute Gasteiger partial charge is 0.280 e. The predicted molar refractivity (Wildman–Crippen MR) is 85.9 cm³/mol. The monoisotopic (exact) mass is 407 g/mol. The van der Waals surface area contributed by atoms with E-state index in [1.54, 1.807) is 26.0 Å². The summed E-state index contributed by atoms with van der Waals surface area (Å²) in [6, 6.07) is 7.63. The molecule has 0 fully saturated rings. The van der Waals surface area contributed by atoms with Crippen LogP contribution in [0.1, 0.15) is 16.7 Å². The van der Waals surface area contributed by atoms with Crippen molar-refractivity contribution >= 4 is 31.6 Å². The van der Waals surface area contributed by atoms with Crippen molar-refractivity contribution in [1.82, 2.24) is 0 Å². The minimum absolute atomic E-state index is 0.0353. The second-order valence-corrected chi connectivity index (χ2v) is 7.75. The molecule has 0 aliphatic carbocycles. The van der Waals surface area contributed by atoms with Crippen LogP contribution in [0.2, 0.25) is 0 Å². The first-order valence-electron chi connectivity index (χ1n) is 6.46. The van der Waals surface area contributed by atoms with Crippen LogP contribution >= 0.6 is 15.9 Å². The molecule has 0 atom stereocenters. The van der Waals surface area contributed by atoms with Crippen molar-refractivity contribution < 1.29 is 21.6 Å². The van der Waals surface area contributed by atoms with E-state index >= 15 is 0 Å². The van der Waals surface area contributed by atoms with Crippen molar-refractivity contribution in [2.45, 2.75) is 24.9 Å². The van der Waals surface area contributed by atoms with Crippen LogP contribution in [0.25, 0.3) is 0 Å². The third-order valence-corrected chi connectivity index (χ3v) is 4.80. The summed E-state index contributed by atoms with van der Waals surface area (Å²) >= 11 is 2.91. The van der Waals surface area contributed by atoms with Gasteiger partial charge in [0.15, 0.2) is 0 Å². The van der Waals surface area contributed by atoms with Crippen molar-refractivity contribution in [3.05, 3.63) is 57.6 Å². The summed E-state index contributed by atoms with van der Waals surface area (Å²) in [5.41, 5.74) is 0.949. The third kappa shape index (κ3) is 4.48. The van der Waals surface area contributed by atoms with Crippen LogP contribution in [0.5, 0.6) is 0 Å². The lowest BCUT2D eigenvalue weighted by Crippen LogP contribution is -2.15. The molecular weight excluding hydrogens is 395 g/mol. The Morgan fingerprint density at radius 1 is 0.957 bits per heavy atom. The van der Waals surface area contributed by atoms with Gasteiger partial charge in [-0.25, -0.2) is 8.42 Å². The van der Waals surface area contributed by atoms with Crippen LogP contribution in [0.4, 0.5) is 18.9 Å². The first-order chi connectivity index (χ1) is 10.5. The van der Waals surface area contributed by atoms with Gasteiger partial charge in [0.1, 0.15) is 0 Å². The molecule has 8 heteroatoms. The Labute approximate surface area is 140 Å². The van der Waals surface area contributed by atoms with E-state index in [2.05, 4.69) is 20.7 Å². The third-order valence-electron chi connectivity index (χ3n) is 2.98. The molecule has 0 bridgehead atoms. The fraction of sp³-hybridized carbons (Fsp3) is 0.200. The molecule has 23 heavy (non-hydrogen) atoms. The number of benzene rings is 2. The zero-order chi connectivity index (χ0) is 17.4. The highest BCUT2D eigenvalue weighted by Crippen LogP contribution is 2.33. The van der Waals surface area contributed by atoms with Gasteiger partial charge < -0.3 is 0 Å². The van der Waals surface area contributed by atoms with Crippen LogP contribution in [0, 0.1) is 13.8 Å². The number of sulfonamides is 1. The summed E-state index contributed by atoms with van der Waals surface area (Å²) in [5.74, 6) is 0. The number of halogens is 4. The van der Waals surface area contributed by atoms with E-state index in [4.69, 9.17) is 0 Å². The highest BCUT2D eigenvalue weighted by molar-refractivity contribution is 9.10. The van der Waals surface area contributed by atoms with Crippen molar-refractivity contribution in [2.75, 3.05) is 4.72 Å². The zero-order valence-electron chi connectivity index (χ0n) is 12.2. The second-order valence-electron chi connectivity index (χ2n) is 5.16. The molecule has 0 amide bonds. The zero-order valence-corrected chi connectivity index (χ0v) is 14.6. The number of aryl methyl sites for hydroxylation is 2.